The van der Waals surface area contributed by atoms with Gasteiger partial charge in [0, 0.05) is 81.7 Å². The molecule has 3 aliphatic heterocycles. The van der Waals surface area contributed by atoms with E-state index in [9.17, 15) is 4.79 Å². The molecule has 3 aromatic carbocycles. The Morgan fingerprint density at radius 1 is 0.981 bits per heavy atom. The summed E-state index contributed by atoms with van der Waals surface area (Å²) < 4.78 is 12.3. The van der Waals surface area contributed by atoms with E-state index < -0.39 is 0 Å². The van der Waals surface area contributed by atoms with Crippen LogP contribution in [0.3, 0.4) is 0 Å². The van der Waals surface area contributed by atoms with Crippen LogP contribution in [0, 0.1) is 5.41 Å². The fourth-order valence-corrected chi connectivity index (χ4v) is 9.77. The van der Waals surface area contributed by atoms with Gasteiger partial charge in [-0.25, -0.2) is 4.98 Å². The Bertz CT molecular complexity index is 2130. The van der Waals surface area contributed by atoms with Crippen LogP contribution in [-0.4, -0.2) is 85.0 Å². The number of ether oxygens (including phenoxy) is 2. The summed E-state index contributed by atoms with van der Waals surface area (Å²) in [5, 5.41) is 0.975. The monoisotopic (exact) mass is 724 g/mol. The summed E-state index contributed by atoms with van der Waals surface area (Å²) in [6, 6.07) is 26.6. The van der Waals surface area contributed by atoms with Crippen LogP contribution in [0.25, 0.3) is 11.0 Å². The lowest BCUT2D eigenvalue weighted by Crippen LogP contribution is -2.60. The van der Waals surface area contributed by atoms with Gasteiger partial charge < -0.3 is 24.3 Å². The molecule has 2 saturated heterocycles. The van der Waals surface area contributed by atoms with E-state index in [0.717, 1.165) is 81.2 Å². The van der Waals surface area contributed by atoms with Crippen molar-refractivity contribution in [1.82, 2.24) is 19.8 Å². The Morgan fingerprint density at radius 2 is 1.83 bits per heavy atom. The lowest BCUT2D eigenvalue weighted by molar-refractivity contribution is -0.0628. The van der Waals surface area contributed by atoms with Crippen LogP contribution in [0.15, 0.2) is 85.2 Å². The second kappa shape index (κ2) is 14.4. The van der Waals surface area contributed by atoms with Crippen molar-refractivity contribution < 1.29 is 14.3 Å². The fraction of sp³-hybridized carbons (Fsp3) is 0.422. The first-order valence-corrected chi connectivity index (χ1v) is 19.8. The second-order valence-electron chi connectivity index (χ2n) is 16.4. The molecule has 3 fully saturated rings. The van der Waals surface area contributed by atoms with Gasteiger partial charge in [0.25, 0.3) is 0 Å². The largest absolute Gasteiger partial charge is 0.490 e. The summed E-state index contributed by atoms with van der Waals surface area (Å²) in [6.07, 6.45) is 9.34. The molecule has 1 spiro atoms. The van der Waals surface area contributed by atoms with Gasteiger partial charge >= 0.3 is 0 Å². The normalized spacial score (nSPS) is 20.6. The number of nitrogens with one attached hydrogen (secondary N) is 1. The topological polar surface area (TPSA) is 77.2 Å². The van der Waals surface area contributed by atoms with Gasteiger partial charge in [0.2, 0.25) is 0 Å². The van der Waals surface area contributed by atoms with Crippen molar-refractivity contribution >= 4 is 28.7 Å². The third kappa shape index (κ3) is 6.62. The number of benzene rings is 3. The van der Waals surface area contributed by atoms with E-state index in [0.29, 0.717) is 40.5 Å². The number of carbonyl (C=O) groups excluding carboxylic acids is 1. The van der Waals surface area contributed by atoms with Crippen molar-refractivity contribution in [3.63, 3.8) is 0 Å². The van der Waals surface area contributed by atoms with Crippen LogP contribution in [0.5, 0.6) is 17.2 Å². The number of carbonyl (C=O) groups is 1. The number of likely N-dealkylation sites (N-methyl/N-ethyl adjacent to an activating group) is 1. The number of para-hydroxylation sites is 1. The van der Waals surface area contributed by atoms with Crippen LogP contribution >= 0.6 is 0 Å². The molecule has 0 amide bonds. The van der Waals surface area contributed by atoms with Gasteiger partial charge in [0.1, 0.15) is 29.5 Å². The lowest BCUT2D eigenvalue weighted by atomic mass is 9.59. The number of pyridine rings is 1. The van der Waals surface area contributed by atoms with E-state index in [2.05, 4.69) is 99.0 Å². The van der Waals surface area contributed by atoms with E-state index >= 15 is 0 Å². The third-order valence-electron chi connectivity index (χ3n) is 12.7. The average molecular weight is 725 g/mol. The molecule has 4 aliphatic rings. The molecule has 9 heteroatoms. The number of nitrogens with zero attached hydrogens (tertiary/aromatic N) is 5. The molecule has 0 bridgehead atoms. The average Bonchev–Trinajstić information content (AvgIpc) is 3.65. The second-order valence-corrected chi connectivity index (χ2v) is 16.4. The van der Waals surface area contributed by atoms with Crippen molar-refractivity contribution in [2.45, 2.75) is 64.1 Å². The number of aldehydes is 1. The Hall–Kier alpha value is -4.86. The molecule has 5 heterocycles. The van der Waals surface area contributed by atoms with Crippen molar-refractivity contribution in [2.75, 3.05) is 62.7 Å². The van der Waals surface area contributed by atoms with E-state index in [1.54, 1.807) is 6.20 Å². The number of anilines is 2. The summed E-state index contributed by atoms with van der Waals surface area (Å²) in [6.45, 7) is 12.5. The Kier molecular flexibility index (Phi) is 9.31. The number of aromatic amines is 1. The quantitative estimate of drug-likeness (QED) is 0.152. The summed E-state index contributed by atoms with van der Waals surface area (Å²) in [4.78, 5) is 30.0. The van der Waals surface area contributed by atoms with Crippen LogP contribution in [0.2, 0.25) is 0 Å². The lowest BCUT2D eigenvalue weighted by Gasteiger charge is -2.58. The Balaban J connectivity index is 0.884. The summed E-state index contributed by atoms with van der Waals surface area (Å²) in [5.41, 5.74) is 8.47. The first-order valence-electron chi connectivity index (χ1n) is 19.8. The van der Waals surface area contributed by atoms with E-state index in [-0.39, 0.29) is 0 Å². The minimum atomic E-state index is 0.371. The predicted molar refractivity (Wildman–Crippen MR) is 215 cm³/mol. The molecule has 2 aromatic heterocycles. The van der Waals surface area contributed by atoms with Crippen molar-refractivity contribution in [1.29, 1.82) is 0 Å². The smallest absolute Gasteiger partial charge is 0.153 e. The van der Waals surface area contributed by atoms with Gasteiger partial charge in [-0.2, -0.15) is 0 Å². The predicted octanol–water partition coefficient (Wildman–Crippen LogP) is 8.43. The number of piperazine rings is 1. The van der Waals surface area contributed by atoms with Gasteiger partial charge in [-0.1, -0.05) is 50.2 Å². The van der Waals surface area contributed by atoms with Gasteiger partial charge in [-0.15, -0.1) is 0 Å². The number of H-pyrrole nitrogens is 1. The number of hydrogen-bond acceptors (Lipinski definition) is 8. The fourth-order valence-electron chi connectivity index (χ4n) is 9.77. The zero-order valence-corrected chi connectivity index (χ0v) is 31.8. The highest BCUT2D eigenvalue weighted by atomic mass is 16.5. The molecule has 280 valence electrons. The van der Waals surface area contributed by atoms with Crippen molar-refractivity contribution in [3.8, 4) is 17.2 Å². The Labute approximate surface area is 318 Å². The molecule has 54 heavy (non-hydrogen) atoms. The van der Waals surface area contributed by atoms with Gasteiger partial charge in [0.05, 0.1) is 24.0 Å². The number of rotatable bonds is 9. The maximum atomic E-state index is 12.0. The van der Waals surface area contributed by atoms with Gasteiger partial charge in [-0.05, 0) is 84.0 Å². The number of aromatic nitrogens is 2. The standard InChI is InChI=1S/C45H52N6O3/c1-31(2)38-8-4-5-9-39(38)40-29-49(28-33-7-6-10-41-43(33)48(3)21-22-53-41)19-20-51(40)36-25-45(26-36)14-17-50(18-15-45)35-12-11-34(30-52)42(24-35)54-37-23-32-13-16-46-44(32)47-27-37/h4-13,16,23-24,27,30-31,36,40H,14-15,17-22,25-26,28-29H2,1-3H3,(H,46,47). The van der Waals surface area contributed by atoms with E-state index in [4.69, 9.17) is 9.47 Å². The van der Waals surface area contributed by atoms with Crippen LogP contribution in [0.4, 0.5) is 11.4 Å². The molecule has 0 radical (unpaired) electrons. The highest BCUT2D eigenvalue weighted by molar-refractivity contribution is 5.81. The highest BCUT2D eigenvalue weighted by Crippen LogP contribution is 2.53. The van der Waals surface area contributed by atoms with Crippen LogP contribution < -0.4 is 19.3 Å². The zero-order chi connectivity index (χ0) is 36.8. The maximum absolute atomic E-state index is 12.0. The van der Waals surface area contributed by atoms with Crippen LogP contribution in [0.1, 0.15) is 78.5 Å². The number of piperidine rings is 1. The first kappa shape index (κ1) is 34.9. The van der Waals surface area contributed by atoms with Gasteiger partial charge in [0.15, 0.2) is 6.29 Å². The van der Waals surface area contributed by atoms with E-state index in [1.165, 1.54) is 48.1 Å². The van der Waals surface area contributed by atoms with Crippen molar-refractivity contribution in [2.24, 2.45) is 5.41 Å². The van der Waals surface area contributed by atoms with Crippen molar-refractivity contribution in [3.05, 3.63) is 107 Å². The molecule has 1 N–H and O–H groups in total. The van der Waals surface area contributed by atoms with E-state index in [1.807, 2.05) is 30.5 Å². The summed E-state index contributed by atoms with van der Waals surface area (Å²) in [5.74, 6) is 2.69. The number of fused-ring (bicyclic) bond motifs is 2. The third-order valence-corrected chi connectivity index (χ3v) is 12.7. The highest BCUT2D eigenvalue weighted by Gasteiger charge is 2.50. The molecular formula is C45H52N6O3. The number of hydrogen-bond donors (Lipinski definition) is 1. The summed E-state index contributed by atoms with van der Waals surface area (Å²) >= 11 is 0. The molecule has 1 atom stereocenters. The molecule has 1 unspecified atom stereocenters. The molecule has 9 rings (SSSR count). The molecule has 1 saturated carbocycles. The first-order chi connectivity index (χ1) is 26.4. The molecule has 9 nitrogen and oxygen atoms in total. The zero-order valence-electron chi connectivity index (χ0n) is 31.8. The molecular weight excluding hydrogens is 673 g/mol. The minimum absolute atomic E-state index is 0.371. The maximum Gasteiger partial charge on any atom is 0.153 e. The molecule has 1 aliphatic carbocycles. The summed E-state index contributed by atoms with van der Waals surface area (Å²) in [7, 11) is 2.20. The van der Waals surface area contributed by atoms with Gasteiger partial charge in [-0.3, -0.25) is 14.6 Å². The minimum Gasteiger partial charge on any atom is -0.490 e. The van der Waals surface area contributed by atoms with Crippen LogP contribution in [-0.2, 0) is 6.54 Å². The SMILES string of the molecule is CC(C)c1ccccc1C1CN(Cc2cccc3c2N(C)CCO3)CCN1C1CC2(CCN(c3ccc(C=O)c(Oc4cnc5[nH]ccc5c4)c3)CC2)C1. The molecule has 5 aromatic rings. The Morgan fingerprint density at radius 3 is 2.67 bits per heavy atom.